The van der Waals surface area contributed by atoms with Gasteiger partial charge in [0.2, 0.25) is 15.9 Å². The highest BCUT2D eigenvalue weighted by Gasteiger charge is 2.26. The summed E-state index contributed by atoms with van der Waals surface area (Å²) in [6.07, 6.45) is 3.36. The number of hydrogen-bond donors (Lipinski definition) is 1. The van der Waals surface area contributed by atoms with Crippen molar-refractivity contribution in [1.29, 1.82) is 0 Å². The maximum Gasteiger partial charge on any atom is 0.328 e. The Morgan fingerprint density at radius 2 is 1.75 bits per heavy atom. The number of rotatable bonds is 8. The number of carbonyl (C=O) groups excluding carboxylic acids is 2. The molecule has 150 valence electrons. The molecular formula is C19H23N3O5S. The van der Waals surface area contributed by atoms with Gasteiger partial charge in [-0.15, -0.1) is 0 Å². The molecule has 0 aliphatic carbocycles. The molecule has 1 N–H and O–H groups in total. The van der Waals surface area contributed by atoms with Gasteiger partial charge in [-0.05, 0) is 36.8 Å². The number of likely N-dealkylation sites (N-methyl/N-ethyl adjacent to an activating group) is 1. The first kappa shape index (κ1) is 21.5. The van der Waals surface area contributed by atoms with Gasteiger partial charge >= 0.3 is 5.97 Å². The molecule has 0 radical (unpaired) electrons. The molecule has 0 saturated carbocycles. The number of ether oxygens (including phenoxy) is 1. The second kappa shape index (κ2) is 9.43. The van der Waals surface area contributed by atoms with Gasteiger partial charge in [-0.1, -0.05) is 17.7 Å². The first-order chi connectivity index (χ1) is 13.2. The van der Waals surface area contributed by atoms with Gasteiger partial charge in [-0.25, -0.2) is 13.2 Å². The molecule has 1 heterocycles. The molecule has 1 aromatic carbocycles. The lowest BCUT2D eigenvalue weighted by Crippen LogP contribution is -2.47. The van der Waals surface area contributed by atoms with Crippen LogP contribution in [0.2, 0.25) is 0 Å². The van der Waals surface area contributed by atoms with Crippen LogP contribution >= 0.6 is 0 Å². The molecule has 8 nitrogen and oxygen atoms in total. The summed E-state index contributed by atoms with van der Waals surface area (Å²) < 4.78 is 30.9. The number of carbonyl (C=O) groups is 2. The van der Waals surface area contributed by atoms with Crippen LogP contribution in [0.5, 0.6) is 0 Å². The minimum absolute atomic E-state index is 0.0923. The Hall–Kier alpha value is -2.78. The molecule has 0 spiro atoms. The Morgan fingerprint density at radius 1 is 1.14 bits per heavy atom. The van der Waals surface area contributed by atoms with E-state index in [1.807, 2.05) is 6.92 Å². The topological polar surface area (TPSA) is 106 Å². The summed E-state index contributed by atoms with van der Waals surface area (Å²) in [5.41, 5.74) is 1.71. The number of nitrogens with zero attached hydrogens (tertiary/aromatic N) is 2. The van der Waals surface area contributed by atoms with Crippen LogP contribution in [0.15, 0.2) is 53.7 Å². The number of hydrogen-bond acceptors (Lipinski definition) is 6. The smallest absolute Gasteiger partial charge is 0.328 e. The van der Waals surface area contributed by atoms with Crippen molar-refractivity contribution in [3.8, 4) is 0 Å². The zero-order valence-corrected chi connectivity index (χ0v) is 16.8. The number of nitrogens with one attached hydrogen (secondary N) is 1. The van der Waals surface area contributed by atoms with Gasteiger partial charge in [-0.2, -0.15) is 4.31 Å². The maximum atomic E-state index is 12.6. The van der Waals surface area contributed by atoms with Crippen LogP contribution in [-0.4, -0.2) is 56.3 Å². The second-order valence-corrected chi connectivity index (χ2v) is 8.32. The zero-order chi connectivity index (χ0) is 20.7. The Kier molecular flexibility index (Phi) is 7.24. The molecule has 2 aromatic rings. The van der Waals surface area contributed by atoms with Crippen LogP contribution in [0, 0.1) is 6.92 Å². The SMILES string of the molecule is COC(=O)[C@H](Cc1ccncc1)NC(=O)CN(C)S(=O)(=O)c1ccc(C)cc1. The number of amides is 1. The van der Waals surface area contributed by atoms with Crippen LogP contribution < -0.4 is 5.32 Å². The van der Waals surface area contributed by atoms with E-state index in [4.69, 9.17) is 4.74 Å². The Morgan fingerprint density at radius 3 is 2.32 bits per heavy atom. The van der Waals surface area contributed by atoms with Crippen LogP contribution in [0.4, 0.5) is 0 Å². The van der Waals surface area contributed by atoms with E-state index in [9.17, 15) is 18.0 Å². The van der Waals surface area contributed by atoms with Crippen LogP contribution in [-0.2, 0) is 30.8 Å². The summed E-state index contributed by atoms with van der Waals surface area (Å²) in [7, 11) is -1.29. The molecule has 0 aliphatic rings. The number of methoxy groups -OCH3 is 1. The molecule has 28 heavy (non-hydrogen) atoms. The normalized spacial score (nSPS) is 12.4. The van der Waals surface area contributed by atoms with E-state index < -0.39 is 34.5 Å². The third-order valence-corrected chi connectivity index (χ3v) is 5.92. The molecule has 0 bridgehead atoms. The van der Waals surface area contributed by atoms with E-state index in [2.05, 4.69) is 10.3 Å². The van der Waals surface area contributed by atoms with Crippen molar-refractivity contribution < 1.29 is 22.7 Å². The predicted octanol–water partition coefficient (Wildman–Crippen LogP) is 0.911. The Labute approximate surface area is 164 Å². The van der Waals surface area contributed by atoms with E-state index in [0.717, 1.165) is 15.4 Å². The van der Waals surface area contributed by atoms with E-state index in [1.165, 1.54) is 26.3 Å². The van der Waals surface area contributed by atoms with Gasteiger partial charge in [0.05, 0.1) is 18.6 Å². The Balaban J connectivity index is 2.06. The standard InChI is InChI=1S/C19H23N3O5S/c1-14-4-6-16(7-5-14)28(25,26)22(2)13-18(23)21-17(19(24)27-3)12-15-8-10-20-11-9-15/h4-11,17H,12-13H2,1-3H3,(H,21,23)/t17-/m0/s1. The highest BCUT2D eigenvalue weighted by Crippen LogP contribution is 2.14. The average Bonchev–Trinajstić information content (AvgIpc) is 2.67. The fraction of sp³-hybridized carbons (Fsp3) is 0.316. The highest BCUT2D eigenvalue weighted by atomic mass is 32.2. The first-order valence-corrected chi connectivity index (χ1v) is 9.97. The van der Waals surface area contributed by atoms with Gasteiger partial charge in [0, 0.05) is 25.9 Å². The largest absolute Gasteiger partial charge is 0.467 e. The van der Waals surface area contributed by atoms with Gasteiger partial charge in [0.1, 0.15) is 6.04 Å². The minimum Gasteiger partial charge on any atom is -0.467 e. The lowest BCUT2D eigenvalue weighted by molar-refractivity contribution is -0.145. The molecule has 1 atom stereocenters. The minimum atomic E-state index is -3.82. The van der Waals surface area contributed by atoms with E-state index in [1.54, 1.807) is 36.7 Å². The van der Waals surface area contributed by atoms with Crippen molar-refractivity contribution in [3.63, 3.8) is 0 Å². The number of benzene rings is 1. The number of sulfonamides is 1. The summed E-state index contributed by atoms with van der Waals surface area (Å²) >= 11 is 0. The van der Waals surface area contributed by atoms with Crippen LogP contribution in [0.25, 0.3) is 0 Å². The number of aryl methyl sites for hydroxylation is 1. The quantitative estimate of drug-likeness (QED) is 0.655. The van der Waals surface area contributed by atoms with Crippen molar-refractivity contribution in [2.45, 2.75) is 24.3 Å². The van der Waals surface area contributed by atoms with E-state index in [-0.39, 0.29) is 11.3 Å². The third-order valence-electron chi connectivity index (χ3n) is 4.11. The summed E-state index contributed by atoms with van der Waals surface area (Å²) in [5.74, 6) is -1.23. The second-order valence-electron chi connectivity index (χ2n) is 6.28. The third kappa shape index (κ3) is 5.61. The number of esters is 1. The van der Waals surface area contributed by atoms with Crippen molar-refractivity contribution in [2.24, 2.45) is 0 Å². The highest BCUT2D eigenvalue weighted by molar-refractivity contribution is 7.89. The van der Waals surface area contributed by atoms with Gasteiger partial charge < -0.3 is 10.1 Å². The van der Waals surface area contributed by atoms with Crippen molar-refractivity contribution in [2.75, 3.05) is 20.7 Å². The zero-order valence-electron chi connectivity index (χ0n) is 16.0. The van der Waals surface area contributed by atoms with Crippen molar-refractivity contribution in [3.05, 3.63) is 59.9 Å². The van der Waals surface area contributed by atoms with Gasteiger partial charge in [-0.3, -0.25) is 9.78 Å². The molecule has 1 aromatic heterocycles. The first-order valence-electron chi connectivity index (χ1n) is 8.53. The molecule has 0 aliphatic heterocycles. The molecule has 0 fully saturated rings. The van der Waals surface area contributed by atoms with Crippen molar-refractivity contribution in [1.82, 2.24) is 14.6 Å². The monoisotopic (exact) mass is 405 g/mol. The fourth-order valence-corrected chi connectivity index (χ4v) is 3.63. The summed E-state index contributed by atoms with van der Waals surface area (Å²) in [5, 5.41) is 2.54. The van der Waals surface area contributed by atoms with Gasteiger partial charge in [0.15, 0.2) is 0 Å². The summed E-state index contributed by atoms with van der Waals surface area (Å²) in [6.45, 7) is 1.42. The average molecular weight is 405 g/mol. The molecular weight excluding hydrogens is 382 g/mol. The Bertz CT molecular complexity index is 914. The molecule has 0 saturated heterocycles. The summed E-state index contributed by atoms with van der Waals surface area (Å²) in [4.78, 5) is 28.4. The van der Waals surface area contributed by atoms with E-state index >= 15 is 0 Å². The maximum absolute atomic E-state index is 12.6. The molecule has 2 rings (SSSR count). The van der Waals surface area contributed by atoms with E-state index in [0.29, 0.717) is 0 Å². The molecule has 0 unspecified atom stereocenters. The van der Waals surface area contributed by atoms with Crippen molar-refractivity contribution >= 4 is 21.9 Å². The molecule has 1 amide bonds. The lowest BCUT2D eigenvalue weighted by atomic mass is 10.1. The van der Waals surface area contributed by atoms with Crippen LogP contribution in [0.3, 0.4) is 0 Å². The number of aromatic nitrogens is 1. The molecule has 9 heteroatoms. The summed E-state index contributed by atoms with van der Waals surface area (Å²) in [6, 6.07) is 8.84. The van der Waals surface area contributed by atoms with Crippen LogP contribution in [0.1, 0.15) is 11.1 Å². The number of pyridine rings is 1. The van der Waals surface area contributed by atoms with Gasteiger partial charge in [0.25, 0.3) is 0 Å². The fourth-order valence-electron chi connectivity index (χ4n) is 2.51. The predicted molar refractivity (Wildman–Crippen MR) is 103 cm³/mol. The lowest BCUT2D eigenvalue weighted by Gasteiger charge is -2.20.